The number of morpholine rings is 1. The molecule has 5 nitrogen and oxygen atoms in total. The van der Waals surface area contributed by atoms with Gasteiger partial charge in [-0.1, -0.05) is 0 Å². The lowest BCUT2D eigenvalue weighted by Gasteiger charge is -2.32. The Morgan fingerprint density at radius 3 is 2.95 bits per heavy atom. The van der Waals surface area contributed by atoms with Gasteiger partial charge in [-0.05, 0) is 32.0 Å². The van der Waals surface area contributed by atoms with Gasteiger partial charge in [0.05, 0.1) is 25.5 Å². The van der Waals surface area contributed by atoms with Gasteiger partial charge in [0.2, 0.25) is 0 Å². The van der Waals surface area contributed by atoms with E-state index in [1.165, 1.54) is 19.5 Å². The van der Waals surface area contributed by atoms with Crippen LogP contribution >= 0.6 is 0 Å². The van der Waals surface area contributed by atoms with E-state index in [4.69, 9.17) is 9.15 Å². The zero-order chi connectivity index (χ0) is 14.5. The number of nitrogens with zero attached hydrogens (tertiary/aromatic N) is 2. The second kappa shape index (κ2) is 7.40. The van der Waals surface area contributed by atoms with Crippen LogP contribution in [0.5, 0.6) is 0 Å². The molecule has 3 rings (SSSR count). The molecule has 5 heteroatoms. The van der Waals surface area contributed by atoms with E-state index in [1.54, 1.807) is 6.26 Å². The number of furan rings is 1. The average molecular weight is 293 g/mol. The van der Waals surface area contributed by atoms with Crippen molar-refractivity contribution in [2.45, 2.75) is 25.4 Å². The Morgan fingerprint density at radius 1 is 1.33 bits per heavy atom. The normalized spacial score (nSPS) is 26.2. The molecule has 0 aromatic carbocycles. The van der Waals surface area contributed by atoms with Crippen LogP contribution in [0.1, 0.15) is 25.1 Å². The Hall–Kier alpha value is -0.880. The molecule has 0 amide bonds. The van der Waals surface area contributed by atoms with Gasteiger partial charge in [-0.15, -0.1) is 0 Å². The van der Waals surface area contributed by atoms with Crippen molar-refractivity contribution in [1.29, 1.82) is 0 Å². The molecule has 1 aromatic rings. The Balaban J connectivity index is 1.35. The van der Waals surface area contributed by atoms with Gasteiger partial charge in [-0.2, -0.15) is 0 Å². The molecule has 0 bridgehead atoms. The van der Waals surface area contributed by atoms with Crippen LogP contribution in [0.2, 0.25) is 0 Å². The average Bonchev–Trinajstić information content (AvgIpc) is 3.20. The van der Waals surface area contributed by atoms with E-state index in [2.05, 4.69) is 22.0 Å². The summed E-state index contributed by atoms with van der Waals surface area (Å²) in [6.07, 6.45) is 3.04. The lowest BCUT2D eigenvalue weighted by atomic mass is 10.2. The predicted molar refractivity (Wildman–Crippen MR) is 82.4 cm³/mol. The highest BCUT2D eigenvalue weighted by atomic mass is 16.5. The van der Waals surface area contributed by atoms with Crippen LogP contribution in [0, 0.1) is 0 Å². The summed E-state index contributed by atoms with van der Waals surface area (Å²) >= 11 is 0. The summed E-state index contributed by atoms with van der Waals surface area (Å²) in [5, 5.41) is 3.54. The second-order valence-corrected chi connectivity index (χ2v) is 6.08. The van der Waals surface area contributed by atoms with Crippen LogP contribution in [-0.4, -0.2) is 68.3 Å². The van der Waals surface area contributed by atoms with E-state index in [9.17, 15) is 0 Å². The smallest absolute Gasteiger partial charge is 0.120 e. The third kappa shape index (κ3) is 4.07. The molecule has 0 radical (unpaired) electrons. The minimum absolute atomic E-state index is 0.289. The van der Waals surface area contributed by atoms with Crippen LogP contribution in [0.4, 0.5) is 0 Å². The minimum Gasteiger partial charge on any atom is -0.468 e. The van der Waals surface area contributed by atoms with Crippen LogP contribution in [0.15, 0.2) is 22.8 Å². The van der Waals surface area contributed by atoms with Gasteiger partial charge < -0.3 is 19.4 Å². The third-order valence-corrected chi connectivity index (χ3v) is 4.66. The van der Waals surface area contributed by atoms with Gasteiger partial charge >= 0.3 is 0 Å². The van der Waals surface area contributed by atoms with Gasteiger partial charge in [0.1, 0.15) is 5.76 Å². The molecule has 2 unspecified atom stereocenters. The first-order valence-electron chi connectivity index (χ1n) is 8.14. The van der Waals surface area contributed by atoms with Crippen LogP contribution in [0.25, 0.3) is 0 Å². The van der Waals surface area contributed by atoms with Crippen molar-refractivity contribution < 1.29 is 9.15 Å². The third-order valence-electron chi connectivity index (χ3n) is 4.66. The molecule has 21 heavy (non-hydrogen) atoms. The SMILES string of the molecule is CC(NCCN1CCC(N2CCOCC2)C1)c1ccco1. The maximum atomic E-state index is 5.44. The molecule has 1 N–H and O–H groups in total. The largest absolute Gasteiger partial charge is 0.468 e. The molecule has 0 spiro atoms. The molecule has 2 saturated heterocycles. The number of hydrogen-bond donors (Lipinski definition) is 1. The first-order chi connectivity index (χ1) is 10.3. The first kappa shape index (κ1) is 15.0. The quantitative estimate of drug-likeness (QED) is 0.857. The Labute approximate surface area is 127 Å². The van der Waals surface area contributed by atoms with E-state index in [-0.39, 0.29) is 6.04 Å². The molecule has 2 fully saturated rings. The molecular formula is C16H27N3O2. The molecule has 2 aliphatic heterocycles. The topological polar surface area (TPSA) is 40.9 Å². The van der Waals surface area contributed by atoms with E-state index in [0.29, 0.717) is 0 Å². The molecular weight excluding hydrogens is 266 g/mol. The summed E-state index contributed by atoms with van der Waals surface area (Å²) in [6, 6.07) is 5.00. The Kier molecular flexibility index (Phi) is 5.30. The van der Waals surface area contributed by atoms with Crippen molar-refractivity contribution >= 4 is 0 Å². The number of nitrogens with one attached hydrogen (secondary N) is 1. The van der Waals surface area contributed by atoms with Gasteiger partial charge in [0, 0.05) is 38.8 Å². The number of ether oxygens (including phenoxy) is 1. The van der Waals surface area contributed by atoms with Crippen molar-refractivity contribution in [3.63, 3.8) is 0 Å². The number of rotatable bonds is 6. The fourth-order valence-corrected chi connectivity index (χ4v) is 3.33. The summed E-state index contributed by atoms with van der Waals surface area (Å²) in [4.78, 5) is 5.17. The highest BCUT2D eigenvalue weighted by Gasteiger charge is 2.28. The van der Waals surface area contributed by atoms with Gasteiger partial charge in [-0.25, -0.2) is 0 Å². The molecule has 2 aliphatic rings. The Bertz CT molecular complexity index is 404. The highest BCUT2D eigenvalue weighted by Crippen LogP contribution is 2.17. The number of hydrogen-bond acceptors (Lipinski definition) is 5. The van der Waals surface area contributed by atoms with Crippen molar-refractivity contribution in [3.05, 3.63) is 24.2 Å². The summed E-state index contributed by atoms with van der Waals surface area (Å²) in [5.74, 6) is 1.02. The van der Waals surface area contributed by atoms with E-state index in [0.717, 1.165) is 51.2 Å². The summed E-state index contributed by atoms with van der Waals surface area (Å²) < 4.78 is 10.9. The summed E-state index contributed by atoms with van der Waals surface area (Å²) in [6.45, 7) is 10.7. The van der Waals surface area contributed by atoms with Crippen molar-refractivity contribution in [2.75, 3.05) is 52.5 Å². The van der Waals surface area contributed by atoms with Gasteiger partial charge in [0.15, 0.2) is 0 Å². The number of likely N-dealkylation sites (tertiary alicyclic amines) is 1. The molecule has 3 heterocycles. The van der Waals surface area contributed by atoms with Gasteiger partial charge in [0.25, 0.3) is 0 Å². The maximum Gasteiger partial charge on any atom is 0.120 e. The van der Waals surface area contributed by atoms with Crippen molar-refractivity contribution in [3.8, 4) is 0 Å². The van der Waals surface area contributed by atoms with Gasteiger partial charge in [-0.3, -0.25) is 4.90 Å². The fourth-order valence-electron chi connectivity index (χ4n) is 3.33. The highest BCUT2D eigenvalue weighted by molar-refractivity contribution is 5.02. The van der Waals surface area contributed by atoms with E-state index < -0.39 is 0 Å². The Morgan fingerprint density at radius 2 is 2.19 bits per heavy atom. The molecule has 1 aromatic heterocycles. The fraction of sp³-hybridized carbons (Fsp3) is 0.750. The second-order valence-electron chi connectivity index (χ2n) is 6.08. The maximum absolute atomic E-state index is 5.44. The lowest BCUT2D eigenvalue weighted by Crippen LogP contribution is -2.45. The zero-order valence-electron chi connectivity index (χ0n) is 13.0. The summed E-state index contributed by atoms with van der Waals surface area (Å²) in [5.41, 5.74) is 0. The molecule has 2 atom stereocenters. The monoisotopic (exact) mass is 293 g/mol. The lowest BCUT2D eigenvalue weighted by molar-refractivity contribution is 0.0185. The van der Waals surface area contributed by atoms with Crippen molar-refractivity contribution in [2.24, 2.45) is 0 Å². The van der Waals surface area contributed by atoms with E-state index in [1.807, 2.05) is 12.1 Å². The van der Waals surface area contributed by atoms with Crippen LogP contribution in [-0.2, 0) is 4.74 Å². The van der Waals surface area contributed by atoms with Crippen LogP contribution < -0.4 is 5.32 Å². The predicted octanol–water partition coefficient (Wildman–Crippen LogP) is 1.34. The van der Waals surface area contributed by atoms with E-state index >= 15 is 0 Å². The molecule has 0 aliphatic carbocycles. The zero-order valence-corrected chi connectivity index (χ0v) is 13.0. The standard InChI is InChI=1S/C16H27N3O2/c1-14(16-3-2-10-21-16)17-5-7-18-6-4-15(13-18)19-8-11-20-12-9-19/h2-3,10,14-15,17H,4-9,11-13H2,1H3. The van der Waals surface area contributed by atoms with Crippen molar-refractivity contribution in [1.82, 2.24) is 15.1 Å². The molecule has 118 valence electrons. The van der Waals surface area contributed by atoms with Crippen LogP contribution in [0.3, 0.4) is 0 Å². The summed E-state index contributed by atoms with van der Waals surface area (Å²) in [7, 11) is 0. The first-order valence-corrected chi connectivity index (χ1v) is 8.14. The minimum atomic E-state index is 0.289. The molecule has 0 saturated carbocycles.